The van der Waals surface area contributed by atoms with Gasteiger partial charge in [0.2, 0.25) is 0 Å². The van der Waals surface area contributed by atoms with Gasteiger partial charge in [-0.05, 0) is 35.5 Å². The van der Waals surface area contributed by atoms with Crippen LogP contribution in [-0.2, 0) is 28.6 Å². The highest BCUT2D eigenvalue weighted by Crippen LogP contribution is 2.60. The molecule has 9 nitrogen and oxygen atoms in total. The lowest BCUT2D eigenvalue weighted by Crippen LogP contribution is -2.67. The molecule has 0 spiro atoms. The van der Waals surface area contributed by atoms with Crippen LogP contribution in [0.15, 0.2) is 23.3 Å². The zero-order valence-corrected chi connectivity index (χ0v) is 21.5. The van der Waals surface area contributed by atoms with Crippen LogP contribution in [0, 0.1) is 22.7 Å². The molecule has 3 aliphatic rings. The molecule has 0 saturated heterocycles. The molecule has 35 heavy (non-hydrogen) atoms. The third-order valence-electron chi connectivity index (χ3n) is 8.50. The molecule has 0 amide bonds. The molecular weight excluding hydrogens is 456 g/mol. The number of esters is 3. The van der Waals surface area contributed by atoms with E-state index in [1.807, 2.05) is 13.8 Å². The van der Waals surface area contributed by atoms with E-state index >= 15 is 0 Å². The van der Waals surface area contributed by atoms with E-state index in [0.717, 1.165) is 0 Å². The molecule has 2 fully saturated rings. The molecular formula is C26H38O9. The van der Waals surface area contributed by atoms with Gasteiger partial charge in [0.1, 0.15) is 18.3 Å². The number of ether oxygens (including phenoxy) is 3. The fourth-order valence-electron chi connectivity index (χ4n) is 6.79. The Kier molecular flexibility index (Phi) is 7.30. The van der Waals surface area contributed by atoms with Gasteiger partial charge in [-0.15, -0.1) is 0 Å². The fraction of sp³-hybridized carbons (Fsp3) is 0.731. The van der Waals surface area contributed by atoms with Crippen LogP contribution in [0.5, 0.6) is 0 Å². The molecule has 2 bridgehead atoms. The Hall–Kier alpha value is -2.23. The maximum absolute atomic E-state index is 12.3. The van der Waals surface area contributed by atoms with Crippen LogP contribution >= 0.6 is 0 Å². The number of rotatable bonds is 3. The first-order valence-corrected chi connectivity index (χ1v) is 12.0. The summed E-state index contributed by atoms with van der Waals surface area (Å²) in [5.41, 5.74) is -0.663. The molecule has 196 valence electrons. The van der Waals surface area contributed by atoms with Crippen molar-refractivity contribution in [3.63, 3.8) is 0 Å². The minimum absolute atomic E-state index is 0.0787. The first-order valence-electron chi connectivity index (χ1n) is 12.0. The molecule has 3 rings (SSSR count). The van der Waals surface area contributed by atoms with E-state index in [1.54, 1.807) is 13.8 Å². The van der Waals surface area contributed by atoms with Crippen molar-refractivity contribution in [2.45, 2.75) is 97.9 Å². The molecule has 9 atom stereocenters. The second-order valence-electron chi connectivity index (χ2n) is 11.0. The van der Waals surface area contributed by atoms with Gasteiger partial charge in [0.15, 0.2) is 6.10 Å². The van der Waals surface area contributed by atoms with E-state index in [4.69, 9.17) is 14.2 Å². The standard InChI is InChI=1S/C26H38O9/c1-11-17(30)10-19(31)26(8)21(11)22(34-14(4)28)16-9-18(33-13(3)27)12(2)20(25(16,6)7)23(24(26)32)35-15(5)29/h16-19,21-24,30-32H,1,9-10H2,2-8H3. The minimum Gasteiger partial charge on any atom is -0.462 e. The number of carbonyl (C=O) groups is 3. The Bertz CT molecular complexity index is 950. The zero-order chi connectivity index (χ0) is 26.6. The van der Waals surface area contributed by atoms with Gasteiger partial charge in [-0.1, -0.05) is 27.4 Å². The molecule has 3 N–H and O–H groups in total. The van der Waals surface area contributed by atoms with Crippen molar-refractivity contribution in [1.29, 1.82) is 0 Å². The molecule has 0 aromatic heterocycles. The van der Waals surface area contributed by atoms with Gasteiger partial charge < -0.3 is 29.5 Å². The molecule has 2 saturated carbocycles. The Labute approximate surface area is 206 Å². The SMILES string of the molecule is C=C1C(O)CC(O)C2(C)C(O)C(OC(C)=O)C3=C(C)C(OC(C)=O)CC(C(OC(C)=O)C12)C3(C)C. The third-order valence-corrected chi connectivity index (χ3v) is 8.50. The summed E-state index contributed by atoms with van der Waals surface area (Å²) in [5.74, 6) is -3.06. The molecule has 9 unspecified atom stereocenters. The van der Waals surface area contributed by atoms with Gasteiger partial charge in [0.25, 0.3) is 0 Å². The van der Waals surface area contributed by atoms with Crippen LogP contribution in [0.2, 0.25) is 0 Å². The lowest BCUT2D eigenvalue weighted by atomic mass is 9.48. The van der Waals surface area contributed by atoms with Crippen LogP contribution in [-0.4, -0.2) is 69.9 Å². The highest BCUT2D eigenvalue weighted by Gasteiger charge is 2.65. The summed E-state index contributed by atoms with van der Waals surface area (Å²) < 4.78 is 17.2. The van der Waals surface area contributed by atoms with E-state index in [-0.39, 0.29) is 12.8 Å². The van der Waals surface area contributed by atoms with Gasteiger partial charge in [0, 0.05) is 44.4 Å². The van der Waals surface area contributed by atoms with E-state index < -0.39 is 77.2 Å². The van der Waals surface area contributed by atoms with Gasteiger partial charge in [0.05, 0.1) is 12.2 Å². The molecule has 0 aliphatic heterocycles. The first kappa shape index (κ1) is 27.4. The number of aliphatic hydroxyl groups is 3. The summed E-state index contributed by atoms with van der Waals surface area (Å²) in [6.45, 7) is 15.1. The van der Waals surface area contributed by atoms with E-state index in [0.29, 0.717) is 16.7 Å². The summed E-state index contributed by atoms with van der Waals surface area (Å²) in [5, 5.41) is 33.9. The second kappa shape index (κ2) is 9.33. The monoisotopic (exact) mass is 494 g/mol. The largest absolute Gasteiger partial charge is 0.462 e. The number of hydrogen-bond donors (Lipinski definition) is 3. The number of hydrogen-bond acceptors (Lipinski definition) is 9. The van der Waals surface area contributed by atoms with Crippen LogP contribution in [0.1, 0.15) is 61.3 Å². The predicted molar refractivity (Wildman–Crippen MR) is 125 cm³/mol. The summed E-state index contributed by atoms with van der Waals surface area (Å²) in [4.78, 5) is 36.5. The van der Waals surface area contributed by atoms with Crippen molar-refractivity contribution >= 4 is 17.9 Å². The highest BCUT2D eigenvalue weighted by atomic mass is 16.6. The Balaban J connectivity index is 2.39. The maximum Gasteiger partial charge on any atom is 0.303 e. The zero-order valence-electron chi connectivity index (χ0n) is 21.5. The summed E-state index contributed by atoms with van der Waals surface area (Å²) >= 11 is 0. The van der Waals surface area contributed by atoms with Crippen molar-refractivity contribution < 1.29 is 43.9 Å². The fourth-order valence-corrected chi connectivity index (χ4v) is 6.79. The second-order valence-corrected chi connectivity index (χ2v) is 11.0. The van der Waals surface area contributed by atoms with Crippen LogP contribution in [0.25, 0.3) is 0 Å². The average molecular weight is 495 g/mol. The van der Waals surface area contributed by atoms with Crippen molar-refractivity contribution in [2.75, 3.05) is 0 Å². The Morgan fingerprint density at radius 1 is 0.914 bits per heavy atom. The van der Waals surface area contributed by atoms with Crippen molar-refractivity contribution in [3.05, 3.63) is 23.3 Å². The van der Waals surface area contributed by atoms with Gasteiger partial charge in [-0.3, -0.25) is 14.4 Å². The van der Waals surface area contributed by atoms with E-state index in [1.165, 1.54) is 20.8 Å². The summed E-state index contributed by atoms with van der Waals surface area (Å²) in [6.07, 6.45) is -6.35. The molecule has 0 radical (unpaired) electrons. The van der Waals surface area contributed by atoms with Crippen molar-refractivity contribution in [1.82, 2.24) is 0 Å². The molecule has 9 heteroatoms. The Morgan fingerprint density at radius 2 is 1.46 bits per heavy atom. The minimum atomic E-state index is -1.45. The quantitative estimate of drug-likeness (QED) is 0.304. The van der Waals surface area contributed by atoms with Gasteiger partial charge in [-0.2, -0.15) is 0 Å². The van der Waals surface area contributed by atoms with Crippen LogP contribution in [0.3, 0.4) is 0 Å². The number of fused-ring (bicyclic) bond motifs is 3. The topological polar surface area (TPSA) is 140 Å². The average Bonchev–Trinajstić information content (AvgIpc) is 2.71. The van der Waals surface area contributed by atoms with E-state index in [2.05, 4.69) is 6.58 Å². The van der Waals surface area contributed by atoms with Crippen molar-refractivity contribution in [2.24, 2.45) is 22.7 Å². The lowest BCUT2D eigenvalue weighted by molar-refractivity contribution is -0.213. The van der Waals surface area contributed by atoms with Crippen LogP contribution in [0.4, 0.5) is 0 Å². The van der Waals surface area contributed by atoms with Crippen molar-refractivity contribution in [3.8, 4) is 0 Å². The number of carbonyl (C=O) groups excluding carboxylic acids is 3. The Morgan fingerprint density at radius 3 is 1.97 bits per heavy atom. The number of aliphatic hydroxyl groups excluding tert-OH is 3. The molecule has 0 aromatic rings. The molecule has 0 heterocycles. The first-order chi connectivity index (χ1) is 16.0. The van der Waals surface area contributed by atoms with Gasteiger partial charge in [-0.25, -0.2) is 0 Å². The normalized spacial score (nSPS) is 40.7. The van der Waals surface area contributed by atoms with E-state index in [9.17, 15) is 29.7 Å². The lowest BCUT2D eigenvalue weighted by Gasteiger charge is -2.60. The highest BCUT2D eigenvalue weighted by molar-refractivity contribution is 5.68. The van der Waals surface area contributed by atoms with Crippen LogP contribution < -0.4 is 0 Å². The molecule has 3 aliphatic carbocycles. The molecule has 0 aromatic carbocycles. The third kappa shape index (κ3) is 4.42. The summed E-state index contributed by atoms with van der Waals surface area (Å²) in [6, 6.07) is 0. The maximum atomic E-state index is 12.3. The smallest absolute Gasteiger partial charge is 0.303 e. The predicted octanol–water partition coefficient (Wildman–Crippen LogP) is 1.82. The van der Waals surface area contributed by atoms with Gasteiger partial charge >= 0.3 is 17.9 Å². The summed E-state index contributed by atoms with van der Waals surface area (Å²) in [7, 11) is 0.